The summed E-state index contributed by atoms with van der Waals surface area (Å²) in [6, 6.07) is 24.8. The first-order chi connectivity index (χ1) is 15.0. The summed E-state index contributed by atoms with van der Waals surface area (Å²) < 4.78 is 5.10. The number of amides is 2. The molecule has 2 N–H and O–H groups in total. The highest BCUT2D eigenvalue weighted by Crippen LogP contribution is 2.16. The zero-order chi connectivity index (χ0) is 22.1. The molecule has 0 fully saturated rings. The Kier molecular flexibility index (Phi) is 7.32. The van der Waals surface area contributed by atoms with E-state index in [0.29, 0.717) is 23.4 Å². The van der Waals surface area contributed by atoms with Crippen molar-refractivity contribution in [3.8, 4) is 5.75 Å². The summed E-state index contributed by atoms with van der Waals surface area (Å²) in [5.41, 5.74) is 2.03. The summed E-state index contributed by atoms with van der Waals surface area (Å²) in [7, 11) is 0. The summed E-state index contributed by atoms with van der Waals surface area (Å²) in [4.78, 5) is 36.7. The summed E-state index contributed by atoms with van der Waals surface area (Å²) in [6.45, 7) is 1.62. The van der Waals surface area contributed by atoms with Gasteiger partial charge in [-0.25, -0.2) is 0 Å². The van der Waals surface area contributed by atoms with E-state index >= 15 is 0 Å². The van der Waals surface area contributed by atoms with Crippen molar-refractivity contribution in [1.82, 2.24) is 10.6 Å². The molecule has 0 aliphatic rings. The molecule has 0 aliphatic carbocycles. The average molecular weight is 414 g/mol. The molecule has 0 spiro atoms. The molecule has 0 radical (unpaired) electrons. The minimum atomic E-state index is -0.445. The Balaban J connectivity index is 1.84. The second kappa shape index (κ2) is 10.5. The van der Waals surface area contributed by atoms with Crippen molar-refractivity contribution in [2.45, 2.75) is 13.5 Å². The maximum absolute atomic E-state index is 12.9. The summed E-state index contributed by atoms with van der Waals surface area (Å²) in [5.74, 6) is -0.942. The van der Waals surface area contributed by atoms with E-state index in [-0.39, 0.29) is 5.70 Å². The Bertz CT molecular complexity index is 1090. The zero-order valence-corrected chi connectivity index (χ0v) is 17.0. The summed E-state index contributed by atoms with van der Waals surface area (Å²) in [6.07, 6.45) is 1.54. The molecule has 31 heavy (non-hydrogen) atoms. The number of hydrogen-bond acceptors (Lipinski definition) is 4. The van der Waals surface area contributed by atoms with Crippen LogP contribution in [0, 0.1) is 0 Å². The molecule has 156 valence electrons. The van der Waals surface area contributed by atoms with Crippen LogP contribution in [0.2, 0.25) is 0 Å². The third-order valence-corrected chi connectivity index (χ3v) is 4.26. The molecule has 0 aromatic heterocycles. The van der Waals surface area contributed by atoms with Crippen LogP contribution in [-0.4, -0.2) is 17.8 Å². The van der Waals surface area contributed by atoms with E-state index in [1.165, 1.54) is 13.0 Å². The van der Waals surface area contributed by atoms with Gasteiger partial charge in [0.05, 0.1) is 0 Å². The Morgan fingerprint density at radius 3 is 2.23 bits per heavy atom. The number of esters is 1. The van der Waals surface area contributed by atoms with Crippen molar-refractivity contribution >= 4 is 23.9 Å². The molecule has 0 saturated heterocycles. The fourth-order valence-corrected chi connectivity index (χ4v) is 2.82. The van der Waals surface area contributed by atoms with Crippen LogP contribution in [0.5, 0.6) is 5.75 Å². The van der Waals surface area contributed by atoms with E-state index in [9.17, 15) is 14.4 Å². The van der Waals surface area contributed by atoms with Gasteiger partial charge in [-0.15, -0.1) is 0 Å². The molecule has 6 nitrogen and oxygen atoms in total. The van der Waals surface area contributed by atoms with Gasteiger partial charge in [-0.2, -0.15) is 0 Å². The van der Waals surface area contributed by atoms with Crippen LogP contribution in [0.15, 0.2) is 90.6 Å². The number of carbonyl (C=O) groups is 3. The van der Waals surface area contributed by atoms with Gasteiger partial charge in [-0.3, -0.25) is 14.4 Å². The first-order valence-corrected chi connectivity index (χ1v) is 9.70. The molecule has 0 heterocycles. The molecule has 0 aliphatic heterocycles. The van der Waals surface area contributed by atoms with Gasteiger partial charge in [0, 0.05) is 19.0 Å². The minimum Gasteiger partial charge on any atom is -0.427 e. The summed E-state index contributed by atoms with van der Waals surface area (Å²) >= 11 is 0. The van der Waals surface area contributed by atoms with Gasteiger partial charge >= 0.3 is 5.97 Å². The van der Waals surface area contributed by atoms with Gasteiger partial charge in [0.25, 0.3) is 11.8 Å². The van der Waals surface area contributed by atoms with Crippen LogP contribution in [-0.2, 0) is 16.1 Å². The second-order valence-corrected chi connectivity index (χ2v) is 6.71. The lowest BCUT2D eigenvalue weighted by atomic mass is 10.1. The largest absolute Gasteiger partial charge is 0.427 e. The van der Waals surface area contributed by atoms with E-state index in [0.717, 1.165) is 5.56 Å². The third kappa shape index (κ3) is 6.68. The van der Waals surface area contributed by atoms with Crippen LogP contribution in [0.4, 0.5) is 0 Å². The number of rotatable bonds is 7. The van der Waals surface area contributed by atoms with Crippen LogP contribution < -0.4 is 15.4 Å². The normalized spacial score (nSPS) is 10.8. The Morgan fingerprint density at radius 1 is 0.871 bits per heavy atom. The lowest BCUT2D eigenvalue weighted by Gasteiger charge is -2.12. The van der Waals surface area contributed by atoms with E-state index in [1.54, 1.807) is 54.6 Å². The van der Waals surface area contributed by atoms with Gasteiger partial charge in [0.2, 0.25) is 0 Å². The minimum absolute atomic E-state index is 0.0739. The molecule has 2 amide bonds. The molecule has 0 unspecified atom stereocenters. The van der Waals surface area contributed by atoms with Crippen LogP contribution >= 0.6 is 0 Å². The molecule has 3 aromatic rings. The van der Waals surface area contributed by atoms with E-state index in [1.807, 2.05) is 30.3 Å². The SMILES string of the molecule is CC(=O)Oc1cccc(/C=C(\NC(=O)c2ccccc2)C(=O)NCc2ccccc2)c1. The Labute approximate surface area is 180 Å². The fourth-order valence-electron chi connectivity index (χ4n) is 2.82. The molecule has 6 heteroatoms. The molecule has 0 saturated carbocycles. The lowest BCUT2D eigenvalue weighted by molar-refractivity contribution is -0.131. The highest BCUT2D eigenvalue weighted by Gasteiger charge is 2.15. The second-order valence-electron chi connectivity index (χ2n) is 6.71. The highest BCUT2D eigenvalue weighted by atomic mass is 16.5. The number of nitrogens with one attached hydrogen (secondary N) is 2. The first kappa shape index (κ1) is 21.5. The van der Waals surface area contributed by atoms with Crippen molar-refractivity contribution in [3.63, 3.8) is 0 Å². The zero-order valence-electron chi connectivity index (χ0n) is 17.0. The van der Waals surface area contributed by atoms with Gasteiger partial charge in [0.15, 0.2) is 0 Å². The van der Waals surface area contributed by atoms with Crippen molar-refractivity contribution < 1.29 is 19.1 Å². The number of benzene rings is 3. The molecule has 0 atom stereocenters. The van der Waals surface area contributed by atoms with Gasteiger partial charge in [-0.1, -0.05) is 60.7 Å². The van der Waals surface area contributed by atoms with E-state index < -0.39 is 17.8 Å². The van der Waals surface area contributed by atoms with Crippen molar-refractivity contribution in [3.05, 3.63) is 107 Å². The van der Waals surface area contributed by atoms with E-state index in [2.05, 4.69) is 10.6 Å². The first-order valence-electron chi connectivity index (χ1n) is 9.70. The van der Waals surface area contributed by atoms with Crippen LogP contribution in [0.25, 0.3) is 6.08 Å². The Morgan fingerprint density at radius 2 is 1.55 bits per heavy atom. The summed E-state index contributed by atoms with van der Waals surface area (Å²) in [5, 5.41) is 5.50. The lowest BCUT2D eigenvalue weighted by Crippen LogP contribution is -2.34. The average Bonchev–Trinajstić information content (AvgIpc) is 2.78. The number of carbonyl (C=O) groups excluding carboxylic acids is 3. The quantitative estimate of drug-likeness (QED) is 0.351. The molecule has 0 bridgehead atoms. The molecule has 3 rings (SSSR count). The predicted molar refractivity (Wildman–Crippen MR) is 118 cm³/mol. The number of ether oxygens (including phenoxy) is 1. The predicted octanol–water partition coefficient (Wildman–Crippen LogP) is 3.70. The van der Waals surface area contributed by atoms with Crippen molar-refractivity contribution in [1.29, 1.82) is 0 Å². The monoisotopic (exact) mass is 414 g/mol. The highest BCUT2D eigenvalue weighted by molar-refractivity contribution is 6.05. The molecular weight excluding hydrogens is 392 g/mol. The topological polar surface area (TPSA) is 84.5 Å². The van der Waals surface area contributed by atoms with Crippen molar-refractivity contribution in [2.24, 2.45) is 0 Å². The fraction of sp³-hybridized carbons (Fsp3) is 0.0800. The van der Waals surface area contributed by atoms with Gasteiger partial charge in [0.1, 0.15) is 11.4 Å². The standard InChI is InChI=1S/C25H22N2O4/c1-18(28)31-22-14-8-11-20(15-22)16-23(27-24(29)21-12-6-3-7-13-21)25(30)26-17-19-9-4-2-5-10-19/h2-16H,17H2,1H3,(H,26,30)(H,27,29)/b23-16-. The van der Waals surface area contributed by atoms with Crippen molar-refractivity contribution in [2.75, 3.05) is 0 Å². The number of hydrogen-bond donors (Lipinski definition) is 2. The molecular formula is C25H22N2O4. The third-order valence-electron chi connectivity index (χ3n) is 4.26. The van der Waals surface area contributed by atoms with Crippen LogP contribution in [0.1, 0.15) is 28.4 Å². The Hall–Kier alpha value is -4.19. The maximum Gasteiger partial charge on any atom is 0.308 e. The smallest absolute Gasteiger partial charge is 0.308 e. The van der Waals surface area contributed by atoms with Gasteiger partial charge in [-0.05, 0) is 41.5 Å². The van der Waals surface area contributed by atoms with E-state index in [4.69, 9.17) is 4.74 Å². The van der Waals surface area contributed by atoms with Gasteiger partial charge < -0.3 is 15.4 Å². The maximum atomic E-state index is 12.9. The van der Waals surface area contributed by atoms with Crippen LogP contribution in [0.3, 0.4) is 0 Å². The molecule has 3 aromatic carbocycles.